The fourth-order valence-corrected chi connectivity index (χ4v) is 2.31. The Morgan fingerprint density at radius 3 is 2.12 bits per heavy atom. The van der Waals surface area contributed by atoms with Crippen LogP contribution < -0.4 is 15.0 Å². The molecule has 0 spiro atoms. The summed E-state index contributed by atoms with van der Waals surface area (Å²) in [6.45, 7) is 4.84. The Bertz CT molecular complexity index is 798. The molecule has 6 nitrogen and oxygen atoms in total. The molecule has 0 aliphatic rings. The number of nitrogens with zero attached hydrogens (tertiary/aromatic N) is 1. The van der Waals surface area contributed by atoms with Crippen molar-refractivity contribution in [1.82, 2.24) is 5.32 Å². The van der Waals surface area contributed by atoms with E-state index in [-0.39, 0.29) is 11.8 Å². The first-order valence-electron chi connectivity index (χ1n) is 8.21. The molecule has 2 aromatic carbocycles. The van der Waals surface area contributed by atoms with Crippen LogP contribution in [0.4, 0.5) is 5.69 Å². The van der Waals surface area contributed by atoms with E-state index in [0.717, 1.165) is 5.56 Å². The summed E-state index contributed by atoms with van der Waals surface area (Å²) in [6, 6.07) is 13.2. The number of carbonyl (C=O) groups is 3. The third-order valence-corrected chi connectivity index (χ3v) is 3.82. The van der Waals surface area contributed by atoms with E-state index >= 15 is 0 Å². The topological polar surface area (TPSA) is 75.7 Å². The Labute approximate surface area is 152 Å². The highest BCUT2D eigenvalue weighted by atomic mass is 16.5. The number of hydrogen-bond acceptors (Lipinski definition) is 4. The van der Waals surface area contributed by atoms with Gasteiger partial charge in [-0.2, -0.15) is 0 Å². The molecular weight excluding hydrogens is 332 g/mol. The van der Waals surface area contributed by atoms with E-state index in [4.69, 9.17) is 4.74 Å². The monoisotopic (exact) mass is 354 g/mol. The maximum Gasteiger partial charge on any atom is 0.333 e. The summed E-state index contributed by atoms with van der Waals surface area (Å²) in [5.74, 6) is -0.653. The van der Waals surface area contributed by atoms with Crippen molar-refractivity contribution in [2.75, 3.05) is 11.9 Å². The van der Waals surface area contributed by atoms with Crippen LogP contribution in [0.15, 0.2) is 48.5 Å². The van der Waals surface area contributed by atoms with Gasteiger partial charge in [0.2, 0.25) is 5.91 Å². The van der Waals surface area contributed by atoms with E-state index in [0.29, 0.717) is 17.0 Å². The zero-order valence-electron chi connectivity index (χ0n) is 15.3. The van der Waals surface area contributed by atoms with Crippen molar-refractivity contribution in [2.45, 2.75) is 26.8 Å². The largest absolute Gasteiger partial charge is 0.425 e. The first kappa shape index (κ1) is 19.2. The summed E-state index contributed by atoms with van der Waals surface area (Å²) < 4.78 is 5.21. The lowest BCUT2D eigenvalue weighted by molar-refractivity contribution is -0.138. The van der Waals surface area contributed by atoms with Crippen molar-refractivity contribution in [3.05, 3.63) is 59.7 Å². The molecule has 0 saturated heterocycles. The number of hydrogen-bond donors (Lipinski definition) is 1. The number of esters is 1. The molecule has 0 aliphatic carbocycles. The van der Waals surface area contributed by atoms with Crippen LogP contribution in [0.1, 0.15) is 29.8 Å². The Kier molecular flexibility index (Phi) is 6.11. The van der Waals surface area contributed by atoms with Crippen LogP contribution >= 0.6 is 0 Å². The molecule has 0 aliphatic heterocycles. The number of carbonyl (C=O) groups excluding carboxylic acids is 3. The van der Waals surface area contributed by atoms with Gasteiger partial charge in [-0.1, -0.05) is 17.7 Å². The SMILES string of the molecule is CC(=O)NC(C)C(=O)Oc1ccc(N(C)C(=O)c2ccc(C)cc2)cc1. The van der Waals surface area contributed by atoms with Crippen LogP contribution in [0.5, 0.6) is 5.75 Å². The van der Waals surface area contributed by atoms with Crippen molar-refractivity contribution >= 4 is 23.5 Å². The van der Waals surface area contributed by atoms with Gasteiger partial charge in [0.25, 0.3) is 5.91 Å². The number of anilines is 1. The normalized spacial score (nSPS) is 11.4. The standard InChI is InChI=1S/C20H22N2O4/c1-13-5-7-16(8-6-13)19(24)22(4)17-9-11-18(12-10-17)26-20(25)14(2)21-15(3)23/h5-12,14H,1-4H3,(H,21,23). The molecule has 0 radical (unpaired) electrons. The fourth-order valence-electron chi connectivity index (χ4n) is 2.31. The van der Waals surface area contributed by atoms with Crippen molar-refractivity contribution in [2.24, 2.45) is 0 Å². The minimum atomic E-state index is -0.738. The second-order valence-electron chi connectivity index (χ2n) is 6.07. The highest BCUT2D eigenvalue weighted by Crippen LogP contribution is 2.20. The van der Waals surface area contributed by atoms with Gasteiger partial charge in [-0.05, 0) is 50.2 Å². The number of amides is 2. The zero-order chi connectivity index (χ0) is 19.3. The smallest absolute Gasteiger partial charge is 0.333 e. The molecule has 26 heavy (non-hydrogen) atoms. The molecule has 0 heterocycles. The van der Waals surface area contributed by atoms with Gasteiger partial charge >= 0.3 is 5.97 Å². The van der Waals surface area contributed by atoms with E-state index in [1.54, 1.807) is 50.4 Å². The van der Waals surface area contributed by atoms with Gasteiger partial charge in [0.15, 0.2) is 0 Å². The average Bonchev–Trinajstić information content (AvgIpc) is 2.61. The van der Waals surface area contributed by atoms with E-state index in [2.05, 4.69) is 5.32 Å². The van der Waals surface area contributed by atoms with Gasteiger partial charge in [-0.15, -0.1) is 0 Å². The summed E-state index contributed by atoms with van der Waals surface area (Å²) in [7, 11) is 1.68. The molecule has 0 aromatic heterocycles. The van der Waals surface area contributed by atoms with Gasteiger partial charge in [0, 0.05) is 25.2 Å². The van der Waals surface area contributed by atoms with Gasteiger partial charge < -0.3 is 15.0 Å². The number of benzene rings is 2. The molecule has 1 unspecified atom stereocenters. The average molecular weight is 354 g/mol. The second-order valence-corrected chi connectivity index (χ2v) is 6.07. The third-order valence-electron chi connectivity index (χ3n) is 3.82. The number of ether oxygens (including phenoxy) is 1. The first-order valence-corrected chi connectivity index (χ1v) is 8.21. The van der Waals surface area contributed by atoms with Crippen LogP contribution in [0.25, 0.3) is 0 Å². The lowest BCUT2D eigenvalue weighted by Crippen LogP contribution is -2.39. The lowest BCUT2D eigenvalue weighted by Gasteiger charge is -2.18. The quantitative estimate of drug-likeness (QED) is 0.662. The molecule has 0 fully saturated rings. The van der Waals surface area contributed by atoms with Crippen LogP contribution in [0.2, 0.25) is 0 Å². The van der Waals surface area contributed by atoms with Crippen molar-refractivity contribution in [1.29, 1.82) is 0 Å². The van der Waals surface area contributed by atoms with Gasteiger partial charge in [-0.3, -0.25) is 9.59 Å². The second kappa shape index (κ2) is 8.29. The number of nitrogens with one attached hydrogen (secondary N) is 1. The van der Waals surface area contributed by atoms with Gasteiger partial charge in [-0.25, -0.2) is 4.79 Å². The number of aryl methyl sites for hydroxylation is 1. The summed E-state index contributed by atoms with van der Waals surface area (Å²) >= 11 is 0. The predicted molar refractivity (Wildman–Crippen MR) is 99.3 cm³/mol. The molecule has 2 rings (SSSR count). The van der Waals surface area contributed by atoms with Crippen molar-refractivity contribution in [3.8, 4) is 5.75 Å². The minimum absolute atomic E-state index is 0.131. The van der Waals surface area contributed by atoms with Gasteiger partial charge in [0.1, 0.15) is 11.8 Å². The van der Waals surface area contributed by atoms with Crippen molar-refractivity contribution in [3.63, 3.8) is 0 Å². The zero-order valence-corrected chi connectivity index (χ0v) is 15.3. The van der Waals surface area contributed by atoms with Crippen LogP contribution in [0.3, 0.4) is 0 Å². The van der Waals surface area contributed by atoms with Crippen LogP contribution in [-0.2, 0) is 9.59 Å². The molecule has 1 N–H and O–H groups in total. The third kappa shape index (κ3) is 4.92. The predicted octanol–water partition coefficient (Wildman–Crippen LogP) is 2.70. The van der Waals surface area contributed by atoms with Crippen molar-refractivity contribution < 1.29 is 19.1 Å². The Morgan fingerprint density at radius 1 is 1.00 bits per heavy atom. The van der Waals surface area contributed by atoms with Crippen LogP contribution in [-0.4, -0.2) is 30.9 Å². The summed E-state index contributed by atoms with van der Waals surface area (Å²) in [4.78, 5) is 36.9. The summed E-state index contributed by atoms with van der Waals surface area (Å²) in [5, 5.41) is 2.46. The maximum absolute atomic E-state index is 12.5. The van der Waals surface area contributed by atoms with E-state index in [9.17, 15) is 14.4 Å². The minimum Gasteiger partial charge on any atom is -0.425 e. The molecule has 1 atom stereocenters. The Balaban J connectivity index is 2.04. The van der Waals surface area contributed by atoms with E-state index in [1.165, 1.54) is 11.8 Å². The molecular formula is C20H22N2O4. The lowest BCUT2D eigenvalue weighted by atomic mass is 10.1. The van der Waals surface area contributed by atoms with E-state index < -0.39 is 12.0 Å². The van der Waals surface area contributed by atoms with Crippen LogP contribution in [0, 0.1) is 6.92 Å². The summed E-state index contributed by atoms with van der Waals surface area (Å²) in [5.41, 5.74) is 2.35. The number of rotatable bonds is 5. The fraction of sp³-hybridized carbons (Fsp3) is 0.250. The summed E-state index contributed by atoms with van der Waals surface area (Å²) in [6.07, 6.45) is 0. The molecule has 2 amide bonds. The molecule has 2 aromatic rings. The molecule has 0 bridgehead atoms. The molecule has 6 heteroatoms. The highest BCUT2D eigenvalue weighted by Gasteiger charge is 2.17. The Hall–Kier alpha value is -3.15. The maximum atomic E-state index is 12.5. The molecule has 0 saturated carbocycles. The Morgan fingerprint density at radius 2 is 1.58 bits per heavy atom. The molecule has 136 valence electrons. The first-order chi connectivity index (χ1) is 12.3. The van der Waals surface area contributed by atoms with E-state index in [1.807, 2.05) is 19.1 Å². The highest BCUT2D eigenvalue weighted by molar-refractivity contribution is 6.05. The van der Waals surface area contributed by atoms with Gasteiger partial charge in [0.05, 0.1) is 0 Å².